The van der Waals surface area contributed by atoms with Gasteiger partial charge in [-0.15, -0.1) is 0 Å². The van der Waals surface area contributed by atoms with Crippen LogP contribution in [0.15, 0.2) is 24.3 Å². The van der Waals surface area contributed by atoms with Crippen LogP contribution in [0.1, 0.15) is 26.3 Å². The molecule has 0 fully saturated rings. The molecule has 1 N–H and O–H groups in total. The van der Waals surface area contributed by atoms with E-state index in [0.29, 0.717) is 0 Å². The molecule has 0 spiro atoms. The van der Waals surface area contributed by atoms with Gasteiger partial charge in [-0.1, -0.05) is 23.7 Å². The second-order valence-electron chi connectivity index (χ2n) is 4.76. The van der Waals surface area contributed by atoms with Crippen LogP contribution in [0.3, 0.4) is 0 Å². The zero-order valence-electron chi connectivity index (χ0n) is 10.2. The van der Waals surface area contributed by atoms with Crippen molar-refractivity contribution in [1.82, 2.24) is 5.32 Å². The minimum Gasteiger partial charge on any atom is -0.375 e. The van der Waals surface area contributed by atoms with Crippen molar-refractivity contribution >= 4 is 11.6 Å². The average molecular weight is 242 g/mol. The van der Waals surface area contributed by atoms with E-state index in [1.807, 2.05) is 24.3 Å². The molecule has 90 valence electrons. The summed E-state index contributed by atoms with van der Waals surface area (Å²) in [6.45, 7) is 8.63. The van der Waals surface area contributed by atoms with E-state index in [0.717, 1.165) is 24.7 Å². The Hall–Kier alpha value is -0.570. The van der Waals surface area contributed by atoms with Crippen LogP contribution in [0.25, 0.3) is 0 Å². The van der Waals surface area contributed by atoms with E-state index in [-0.39, 0.29) is 5.60 Å². The Morgan fingerprint density at radius 2 is 1.81 bits per heavy atom. The molecule has 0 saturated carbocycles. The third kappa shape index (κ3) is 6.11. The molecule has 0 radical (unpaired) electrons. The van der Waals surface area contributed by atoms with Crippen molar-refractivity contribution in [1.29, 1.82) is 0 Å². The molecule has 3 heteroatoms. The van der Waals surface area contributed by atoms with Crippen LogP contribution in [0, 0.1) is 0 Å². The third-order valence-electron chi connectivity index (χ3n) is 2.06. The minimum atomic E-state index is -0.0536. The van der Waals surface area contributed by atoms with Gasteiger partial charge in [-0.3, -0.25) is 0 Å². The Balaban J connectivity index is 2.14. The first-order valence-electron chi connectivity index (χ1n) is 5.56. The normalized spacial score (nSPS) is 11.8. The molecule has 2 nitrogen and oxygen atoms in total. The Kier molecular flexibility index (Phi) is 5.26. The second kappa shape index (κ2) is 6.24. The number of rotatable bonds is 5. The molecule has 0 unspecified atom stereocenters. The van der Waals surface area contributed by atoms with Crippen molar-refractivity contribution in [2.75, 3.05) is 13.2 Å². The predicted molar refractivity (Wildman–Crippen MR) is 68.9 cm³/mol. The molecule has 0 aliphatic heterocycles. The highest BCUT2D eigenvalue weighted by Gasteiger charge is 2.08. The van der Waals surface area contributed by atoms with Crippen LogP contribution in [-0.2, 0) is 11.3 Å². The fraction of sp³-hybridized carbons (Fsp3) is 0.538. The molecule has 0 heterocycles. The predicted octanol–water partition coefficient (Wildman–Crippen LogP) is 3.24. The number of hydrogen-bond donors (Lipinski definition) is 1. The van der Waals surface area contributed by atoms with Gasteiger partial charge in [0, 0.05) is 18.1 Å². The van der Waals surface area contributed by atoms with Gasteiger partial charge in [0.25, 0.3) is 0 Å². The third-order valence-corrected chi connectivity index (χ3v) is 2.31. The lowest BCUT2D eigenvalue weighted by atomic mass is 10.2. The molecule has 0 aliphatic carbocycles. The molecule has 0 aliphatic rings. The van der Waals surface area contributed by atoms with Gasteiger partial charge in [-0.25, -0.2) is 0 Å². The maximum atomic E-state index is 5.81. The first-order valence-corrected chi connectivity index (χ1v) is 5.94. The number of ether oxygens (including phenoxy) is 1. The van der Waals surface area contributed by atoms with Crippen LogP contribution < -0.4 is 5.32 Å². The van der Waals surface area contributed by atoms with Crippen molar-refractivity contribution in [2.24, 2.45) is 0 Å². The van der Waals surface area contributed by atoms with Crippen LogP contribution >= 0.6 is 11.6 Å². The Labute approximate surface area is 103 Å². The molecular weight excluding hydrogens is 222 g/mol. The van der Waals surface area contributed by atoms with Crippen molar-refractivity contribution in [3.05, 3.63) is 34.9 Å². The SMILES string of the molecule is CC(C)(C)OCCNCc1ccc(Cl)cc1. The van der Waals surface area contributed by atoms with Gasteiger partial charge in [0.15, 0.2) is 0 Å². The summed E-state index contributed by atoms with van der Waals surface area (Å²) in [7, 11) is 0. The quantitative estimate of drug-likeness (QED) is 0.800. The summed E-state index contributed by atoms with van der Waals surface area (Å²) >= 11 is 5.81. The fourth-order valence-electron chi connectivity index (χ4n) is 1.26. The molecule has 0 bridgehead atoms. The van der Waals surface area contributed by atoms with Gasteiger partial charge >= 0.3 is 0 Å². The van der Waals surface area contributed by atoms with Gasteiger partial charge in [-0.2, -0.15) is 0 Å². The van der Waals surface area contributed by atoms with E-state index in [4.69, 9.17) is 16.3 Å². The van der Waals surface area contributed by atoms with Crippen LogP contribution in [-0.4, -0.2) is 18.8 Å². The van der Waals surface area contributed by atoms with E-state index < -0.39 is 0 Å². The first kappa shape index (κ1) is 13.5. The fourth-order valence-corrected chi connectivity index (χ4v) is 1.39. The highest BCUT2D eigenvalue weighted by molar-refractivity contribution is 6.30. The van der Waals surface area contributed by atoms with E-state index in [1.54, 1.807) is 0 Å². The molecule has 1 aromatic rings. The molecule has 0 saturated heterocycles. The Morgan fingerprint density at radius 1 is 1.19 bits per heavy atom. The molecule has 0 amide bonds. The smallest absolute Gasteiger partial charge is 0.0599 e. The van der Waals surface area contributed by atoms with E-state index in [9.17, 15) is 0 Å². The van der Waals surface area contributed by atoms with Crippen molar-refractivity contribution < 1.29 is 4.74 Å². The summed E-state index contributed by atoms with van der Waals surface area (Å²) in [5.74, 6) is 0. The van der Waals surface area contributed by atoms with Gasteiger partial charge in [0.2, 0.25) is 0 Å². The largest absolute Gasteiger partial charge is 0.375 e. The minimum absolute atomic E-state index is 0.0536. The Bertz CT molecular complexity index is 303. The Morgan fingerprint density at radius 3 is 2.38 bits per heavy atom. The summed E-state index contributed by atoms with van der Waals surface area (Å²) in [5, 5.41) is 4.10. The van der Waals surface area contributed by atoms with Crippen LogP contribution in [0.2, 0.25) is 5.02 Å². The van der Waals surface area contributed by atoms with E-state index in [1.165, 1.54) is 5.56 Å². The van der Waals surface area contributed by atoms with Crippen molar-refractivity contribution in [3.8, 4) is 0 Å². The number of nitrogens with one attached hydrogen (secondary N) is 1. The summed E-state index contributed by atoms with van der Waals surface area (Å²) in [5.41, 5.74) is 1.18. The lowest BCUT2D eigenvalue weighted by molar-refractivity contribution is -0.000885. The average Bonchev–Trinajstić information content (AvgIpc) is 2.19. The van der Waals surface area contributed by atoms with Crippen molar-refractivity contribution in [2.45, 2.75) is 32.9 Å². The zero-order valence-corrected chi connectivity index (χ0v) is 11.0. The van der Waals surface area contributed by atoms with Crippen LogP contribution in [0.5, 0.6) is 0 Å². The molecule has 1 aromatic carbocycles. The lowest BCUT2D eigenvalue weighted by Crippen LogP contribution is -2.26. The summed E-state index contributed by atoms with van der Waals surface area (Å²) in [4.78, 5) is 0. The van der Waals surface area contributed by atoms with Gasteiger partial charge in [0.05, 0.1) is 12.2 Å². The first-order chi connectivity index (χ1) is 7.47. The summed E-state index contributed by atoms with van der Waals surface area (Å²) in [6, 6.07) is 7.87. The van der Waals surface area contributed by atoms with Gasteiger partial charge < -0.3 is 10.1 Å². The molecule has 16 heavy (non-hydrogen) atoms. The molecule has 1 rings (SSSR count). The maximum absolute atomic E-state index is 5.81. The van der Waals surface area contributed by atoms with Crippen molar-refractivity contribution in [3.63, 3.8) is 0 Å². The van der Waals surface area contributed by atoms with Gasteiger partial charge in [0.1, 0.15) is 0 Å². The monoisotopic (exact) mass is 241 g/mol. The van der Waals surface area contributed by atoms with E-state index in [2.05, 4.69) is 26.1 Å². The van der Waals surface area contributed by atoms with E-state index >= 15 is 0 Å². The highest BCUT2D eigenvalue weighted by Crippen LogP contribution is 2.09. The maximum Gasteiger partial charge on any atom is 0.0599 e. The number of hydrogen-bond acceptors (Lipinski definition) is 2. The number of halogens is 1. The molecule has 0 aromatic heterocycles. The second-order valence-corrected chi connectivity index (χ2v) is 5.20. The summed E-state index contributed by atoms with van der Waals surface area (Å²) < 4.78 is 5.60. The lowest BCUT2D eigenvalue weighted by Gasteiger charge is -2.19. The van der Waals surface area contributed by atoms with Gasteiger partial charge in [-0.05, 0) is 38.5 Å². The summed E-state index contributed by atoms with van der Waals surface area (Å²) in [6.07, 6.45) is 0. The van der Waals surface area contributed by atoms with Crippen LogP contribution in [0.4, 0.5) is 0 Å². The number of benzene rings is 1. The topological polar surface area (TPSA) is 21.3 Å². The molecular formula is C13H20ClNO. The highest BCUT2D eigenvalue weighted by atomic mass is 35.5. The zero-order chi connectivity index (χ0) is 12.0. The standard InChI is InChI=1S/C13H20ClNO/c1-13(2,3)16-9-8-15-10-11-4-6-12(14)7-5-11/h4-7,15H,8-10H2,1-3H3. The molecule has 0 atom stereocenters.